The summed E-state index contributed by atoms with van der Waals surface area (Å²) in [5.74, 6) is 0.771. The number of likely N-dealkylation sites (N-methyl/N-ethyl adjacent to an activating group) is 1. The molecule has 190 valence electrons. The number of hydrogen-bond donors (Lipinski definition) is 2. The third-order valence-electron chi connectivity index (χ3n) is 7.96. The molecule has 0 aromatic carbocycles. The van der Waals surface area contributed by atoms with E-state index in [0.717, 1.165) is 60.9 Å². The van der Waals surface area contributed by atoms with Crippen LogP contribution in [0.1, 0.15) is 63.5 Å². The second kappa shape index (κ2) is 10.8. The van der Waals surface area contributed by atoms with Crippen molar-refractivity contribution in [2.45, 2.75) is 70.0 Å². The third-order valence-corrected chi connectivity index (χ3v) is 7.96. The summed E-state index contributed by atoms with van der Waals surface area (Å²) in [6.07, 6.45) is 10.7. The third kappa shape index (κ3) is 4.89. The molecule has 1 aromatic heterocycles. The molecule has 7 heteroatoms. The predicted molar refractivity (Wildman–Crippen MR) is 139 cm³/mol. The molecule has 3 heterocycles. The smallest absolute Gasteiger partial charge is 0.245 e. The van der Waals surface area contributed by atoms with Crippen molar-refractivity contribution in [1.82, 2.24) is 20.5 Å². The van der Waals surface area contributed by atoms with Crippen LogP contribution in [0, 0.1) is 5.92 Å². The van der Waals surface area contributed by atoms with Crippen LogP contribution in [0.25, 0.3) is 22.6 Å². The first-order valence-corrected chi connectivity index (χ1v) is 13.3. The maximum atomic E-state index is 14.1. The van der Waals surface area contributed by atoms with E-state index in [1.807, 2.05) is 36.1 Å². The highest BCUT2D eigenvalue weighted by atomic mass is 16.3. The molecule has 2 aliphatic carbocycles. The van der Waals surface area contributed by atoms with Crippen LogP contribution in [0.15, 0.2) is 53.3 Å². The molecule has 1 saturated heterocycles. The lowest BCUT2D eigenvalue weighted by atomic mass is 9.83. The number of nitrogens with one attached hydrogen (secondary N) is 2. The highest BCUT2D eigenvalue weighted by molar-refractivity contribution is 5.90. The van der Waals surface area contributed by atoms with Crippen LogP contribution in [0.2, 0.25) is 0 Å². The summed E-state index contributed by atoms with van der Waals surface area (Å²) in [6.45, 7) is 2.50. The van der Waals surface area contributed by atoms with Crippen molar-refractivity contribution in [2.75, 3.05) is 13.6 Å². The second-order valence-corrected chi connectivity index (χ2v) is 10.2. The minimum absolute atomic E-state index is 0.0271. The Labute approximate surface area is 213 Å². The van der Waals surface area contributed by atoms with Crippen LogP contribution < -0.4 is 10.6 Å². The number of carbonyl (C=O) groups is 2. The summed E-state index contributed by atoms with van der Waals surface area (Å²) in [5, 5.41) is 6.12. The summed E-state index contributed by atoms with van der Waals surface area (Å²) >= 11 is 0. The van der Waals surface area contributed by atoms with Gasteiger partial charge in [-0.1, -0.05) is 43.5 Å². The maximum absolute atomic E-state index is 14.1. The van der Waals surface area contributed by atoms with Crippen molar-refractivity contribution in [1.29, 1.82) is 0 Å². The summed E-state index contributed by atoms with van der Waals surface area (Å²) in [5.41, 5.74) is 3.92. The molecule has 36 heavy (non-hydrogen) atoms. The topological polar surface area (TPSA) is 87.5 Å². The minimum Gasteiger partial charge on any atom is -0.462 e. The SMILES string of the molecule is CNC(C)C(=O)N[C@H](C(=O)N1CCC[C@H]1c1cccnc1-c1cc2cccc-2co1)C1CCCCC1. The molecule has 5 rings (SSSR count). The Morgan fingerprint density at radius 3 is 2.67 bits per heavy atom. The molecular weight excluding hydrogens is 452 g/mol. The molecule has 1 saturated carbocycles. The summed E-state index contributed by atoms with van der Waals surface area (Å²) < 4.78 is 5.98. The van der Waals surface area contributed by atoms with Gasteiger partial charge < -0.3 is 20.0 Å². The maximum Gasteiger partial charge on any atom is 0.245 e. The van der Waals surface area contributed by atoms with Crippen molar-refractivity contribution >= 4 is 11.8 Å². The van der Waals surface area contributed by atoms with Gasteiger partial charge in [0.05, 0.1) is 18.3 Å². The quantitative estimate of drug-likeness (QED) is 0.500. The number of amides is 2. The highest BCUT2D eigenvalue weighted by Gasteiger charge is 2.40. The van der Waals surface area contributed by atoms with Gasteiger partial charge in [0.2, 0.25) is 11.8 Å². The van der Waals surface area contributed by atoms with Crippen LogP contribution >= 0.6 is 0 Å². The zero-order valence-electron chi connectivity index (χ0n) is 21.2. The lowest BCUT2D eigenvalue weighted by Crippen LogP contribution is -2.55. The molecule has 4 aliphatic rings. The zero-order chi connectivity index (χ0) is 25.1. The van der Waals surface area contributed by atoms with Crippen LogP contribution in [0.5, 0.6) is 0 Å². The summed E-state index contributed by atoms with van der Waals surface area (Å²) in [7, 11) is 1.76. The van der Waals surface area contributed by atoms with Gasteiger partial charge in [-0.3, -0.25) is 14.6 Å². The number of hydrogen-bond acceptors (Lipinski definition) is 5. The highest BCUT2D eigenvalue weighted by Crippen LogP contribution is 2.39. The fourth-order valence-corrected chi connectivity index (χ4v) is 5.80. The van der Waals surface area contributed by atoms with Crippen LogP contribution in [0.4, 0.5) is 0 Å². The van der Waals surface area contributed by atoms with Crippen LogP contribution in [-0.2, 0) is 9.59 Å². The van der Waals surface area contributed by atoms with Gasteiger partial charge in [-0.05, 0) is 63.3 Å². The Hall–Kier alpha value is -3.19. The normalized spacial score (nSPS) is 20.4. The molecular formula is C29H36N4O3. The van der Waals surface area contributed by atoms with E-state index in [4.69, 9.17) is 4.42 Å². The fraction of sp³-hybridized carbons (Fsp3) is 0.483. The Morgan fingerprint density at radius 2 is 1.86 bits per heavy atom. The minimum atomic E-state index is -0.500. The lowest BCUT2D eigenvalue weighted by molar-refractivity contribution is -0.139. The number of pyridine rings is 1. The Kier molecular flexibility index (Phi) is 7.37. The number of aromatic nitrogens is 1. The molecule has 7 nitrogen and oxygen atoms in total. The van der Waals surface area contributed by atoms with Crippen LogP contribution in [-0.4, -0.2) is 47.4 Å². The van der Waals surface area contributed by atoms with E-state index in [2.05, 4.69) is 27.8 Å². The van der Waals surface area contributed by atoms with Crippen LogP contribution in [0.3, 0.4) is 0 Å². The summed E-state index contributed by atoms with van der Waals surface area (Å²) in [4.78, 5) is 33.6. The van der Waals surface area contributed by atoms with E-state index in [1.165, 1.54) is 6.42 Å². The van der Waals surface area contributed by atoms with Crippen molar-refractivity contribution in [3.63, 3.8) is 0 Å². The zero-order valence-corrected chi connectivity index (χ0v) is 21.2. The Balaban J connectivity index is 1.45. The lowest BCUT2D eigenvalue weighted by Gasteiger charge is -2.35. The van der Waals surface area contributed by atoms with Gasteiger partial charge in [0, 0.05) is 23.9 Å². The standard InChI is InChI=1S/C29H36N4O3/c1-19(30-2)28(34)32-26(20-9-4-3-5-10-20)29(35)33-16-8-14-24(33)23-13-7-15-31-27(23)25-17-21-11-6-12-22(21)18-36-25/h6-7,11-13,15,17-20,24,26,30H,3-5,8-10,14,16H2,1-2H3,(H,32,34)/t19?,24-,26-/m0/s1. The van der Waals surface area contributed by atoms with E-state index in [9.17, 15) is 9.59 Å². The molecule has 1 aromatic rings. The molecule has 1 unspecified atom stereocenters. The first kappa shape index (κ1) is 24.5. The summed E-state index contributed by atoms with van der Waals surface area (Å²) in [6, 6.07) is 11.1. The molecule has 2 amide bonds. The van der Waals surface area contributed by atoms with E-state index >= 15 is 0 Å². The number of carbonyl (C=O) groups excluding carboxylic acids is 2. The number of fused-ring (bicyclic) bond motifs is 1. The first-order valence-electron chi connectivity index (χ1n) is 13.3. The molecule has 0 bridgehead atoms. The molecule has 2 N–H and O–H groups in total. The van der Waals surface area contributed by atoms with Gasteiger partial charge in [0.15, 0.2) is 5.76 Å². The average Bonchev–Trinajstić information content (AvgIpc) is 3.60. The van der Waals surface area contributed by atoms with Crippen molar-refractivity contribution < 1.29 is 14.0 Å². The fourth-order valence-electron chi connectivity index (χ4n) is 5.80. The number of rotatable bonds is 7. The predicted octanol–water partition coefficient (Wildman–Crippen LogP) is 4.78. The van der Waals surface area contributed by atoms with Crippen molar-refractivity contribution in [3.05, 3.63) is 54.4 Å². The van der Waals surface area contributed by atoms with Gasteiger partial charge in [0.1, 0.15) is 11.7 Å². The van der Waals surface area contributed by atoms with E-state index in [-0.39, 0.29) is 29.8 Å². The van der Waals surface area contributed by atoms with Gasteiger partial charge in [-0.2, -0.15) is 0 Å². The number of nitrogens with zero attached hydrogens (tertiary/aromatic N) is 2. The van der Waals surface area contributed by atoms with Gasteiger partial charge in [-0.15, -0.1) is 0 Å². The molecule has 2 aliphatic heterocycles. The van der Waals surface area contributed by atoms with Gasteiger partial charge >= 0.3 is 0 Å². The molecule has 2 fully saturated rings. The molecule has 0 spiro atoms. The number of likely N-dealkylation sites (tertiary alicyclic amines) is 1. The molecule has 0 radical (unpaired) electrons. The Bertz CT molecular complexity index is 1170. The van der Waals surface area contributed by atoms with Gasteiger partial charge in [0.25, 0.3) is 0 Å². The average molecular weight is 489 g/mol. The molecule has 3 atom stereocenters. The van der Waals surface area contributed by atoms with E-state index in [1.54, 1.807) is 19.5 Å². The van der Waals surface area contributed by atoms with E-state index < -0.39 is 6.04 Å². The monoisotopic (exact) mass is 488 g/mol. The Morgan fingerprint density at radius 1 is 1.06 bits per heavy atom. The second-order valence-electron chi connectivity index (χ2n) is 10.2. The first-order chi connectivity index (χ1) is 17.6. The van der Waals surface area contributed by atoms with Crippen molar-refractivity contribution in [3.8, 4) is 22.6 Å². The van der Waals surface area contributed by atoms with E-state index in [0.29, 0.717) is 12.3 Å². The van der Waals surface area contributed by atoms with Gasteiger partial charge in [-0.25, -0.2) is 0 Å². The van der Waals surface area contributed by atoms with Crippen molar-refractivity contribution in [2.24, 2.45) is 5.92 Å². The largest absolute Gasteiger partial charge is 0.462 e.